The van der Waals surface area contributed by atoms with E-state index in [1.54, 1.807) is 7.11 Å². The second-order valence-electron chi connectivity index (χ2n) is 3.36. The third kappa shape index (κ3) is 3.76. The van der Waals surface area contributed by atoms with Crippen molar-refractivity contribution in [2.75, 3.05) is 21.2 Å². The van der Waals surface area contributed by atoms with E-state index in [9.17, 15) is 0 Å². The Morgan fingerprint density at radius 2 is 1.87 bits per heavy atom. The fraction of sp³-hybridized carbons (Fsp3) is 0.250. The van der Waals surface area contributed by atoms with Gasteiger partial charge in [-0.3, -0.25) is 0 Å². The molecular formula is C12H15ClNO+. The van der Waals surface area contributed by atoms with E-state index in [0.29, 0.717) is 5.03 Å². The maximum absolute atomic E-state index is 6.11. The van der Waals surface area contributed by atoms with Crippen molar-refractivity contribution in [3.05, 3.63) is 35.9 Å². The Morgan fingerprint density at radius 1 is 1.27 bits per heavy atom. The largest absolute Gasteiger partial charge is 0.497 e. The van der Waals surface area contributed by atoms with Gasteiger partial charge in [-0.15, -0.1) is 0 Å². The normalized spacial score (nSPS) is 11.1. The van der Waals surface area contributed by atoms with Gasteiger partial charge in [-0.1, -0.05) is 11.6 Å². The number of hydrogen-bond acceptors (Lipinski definition) is 1. The molecule has 0 bridgehead atoms. The lowest BCUT2D eigenvalue weighted by Gasteiger charge is -2.01. The van der Waals surface area contributed by atoms with Crippen LogP contribution in [0.5, 0.6) is 5.75 Å². The van der Waals surface area contributed by atoms with E-state index in [2.05, 4.69) is 0 Å². The topological polar surface area (TPSA) is 12.2 Å². The number of ether oxygens (including phenoxy) is 1. The molecule has 1 aromatic carbocycles. The highest BCUT2D eigenvalue weighted by Gasteiger charge is 1.98. The first-order valence-corrected chi connectivity index (χ1v) is 5.03. The van der Waals surface area contributed by atoms with Crippen LogP contribution in [0.2, 0.25) is 0 Å². The summed E-state index contributed by atoms with van der Waals surface area (Å²) in [5.74, 6) is 0.833. The Morgan fingerprint density at radius 3 is 2.33 bits per heavy atom. The number of nitrogens with zero attached hydrogens (tertiary/aromatic N) is 1. The summed E-state index contributed by atoms with van der Waals surface area (Å²) in [7, 11) is 5.55. The highest BCUT2D eigenvalue weighted by atomic mass is 35.5. The quantitative estimate of drug-likeness (QED) is 0.568. The van der Waals surface area contributed by atoms with E-state index in [-0.39, 0.29) is 0 Å². The number of halogens is 1. The SMILES string of the molecule is COc1ccc(/C(Cl)=C\C=[N+](C)C)cc1. The van der Waals surface area contributed by atoms with Crippen LogP contribution in [0.3, 0.4) is 0 Å². The van der Waals surface area contributed by atoms with Crippen LogP contribution in [0.25, 0.3) is 5.03 Å². The molecule has 0 amide bonds. The summed E-state index contributed by atoms with van der Waals surface area (Å²) in [6.07, 6.45) is 3.77. The van der Waals surface area contributed by atoms with Crippen LogP contribution in [-0.2, 0) is 0 Å². The Labute approximate surface area is 95.5 Å². The van der Waals surface area contributed by atoms with Crippen molar-refractivity contribution in [3.63, 3.8) is 0 Å². The minimum Gasteiger partial charge on any atom is -0.497 e. The first kappa shape index (κ1) is 11.8. The number of methoxy groups -OCH3 is 1. The lowest BCUT2D eigenvalue weighted by atomic mass is 10.2. The highest BCUT2D eigenvalue weighted by Crippen LogP contribution is 2.20. The van der Waals surface area contributed by atoms with Crippen LogP contribution < -0.4 is 4.74 Å². The molecule has 0 radical (unpaired) electrons. The summed E-state index contributed by atoms with van der Waals surface area (Å²) in [5, 5.41) is 0.714. The van der Waals surface area contributed by atoms with E-state index in [1.165, 1.54) is 0 Å². The van der Waals surface area contributed by atoms with E-state index in [4.69, 9.17) is 16.3 Å². The van der Waals surface area contributed by atoms with E-state index in [1.807, 2.05) is 55.2 Å². The molecule has 0 spiro atoms. The standard InChI is InChI=1S/C12H15ClNO/c1-14(2)9-8-12(13)10-4-6-11(15-3)7-5-10/h4-9H,1-3H3/q+1/b12-8+. The third-order valence-electron chi connectivity index (χ3n) is 1.88. The average Bonchev–Trinajstić information content (AvgIpc) is 2.26. The predicted molar refractivity (Wildman–Crippen MR) is 65.0 cm³/mol. The zero-order chi connectivity index (χ0) is 11.3. The maximum Gasteiger partial charge on any atom is 0.164 e. The molecule has 15 heavy (non-hydrogen) atoms. The number of hydrogen-bond donors (Lipinski definition) is 0. The molecule has 0 aromatic heterocycles. The first-order chi connectivity index (χ1) is 7.13. The second-order valence-corrected chi connectivity index (χ2v) is 3.76. The van der Waals surface area contributed by atoms with Crippen molar-refractivity contribution in [3.8, 4) is 5.75 Å². The summed E-state index contributed by atoms with van der Waals surface area (Å²) in [4.78, 5) is 0. The Hall–Kier alpha value is -1.28. The van der Waals surface area contributed by atoms with Gasteiger partial charge < -0.3 is 4.74 Å². The van der Waals surface area contributed by atoms with Crippen molar-refractivity contribution in [2.45, 2.75) is 0 Å². The Balaban J connectivity index is 2.87. The molecule has 0 aliphatic heterocycles. The molecule has 0 unspecified atom stereocenters. The zero-order valence-electron chi connectivity index (χ0n) is 9.20. The van der Waals surface area contributed by atoms with Crippen LogP contribution >= 0.6 is 11.6 Å². The second kappa shape index (κ2) is 5.56. The fourth-order valence-electron chi connectivity index (χ4n) is 1.06. The fourth-order valence-corrected chi connectivity index (χ4v) is 1.24. The van der Waals surface area contributed by atoms with Gasteiger partial charge in [0.2, 0.25) is 0 Å². The molecule has 3 heteroatoms. The van der Waals surface area contributed by atoms with E-state index in [0.717, 1.165) is 11.3 Å². The summed E-state index contributed by atoms with van der Waals surface area (Å²) in [6.45, 7) is 0. The van der Waals surface area contributed by atoms with Gasteiger partial charge in [-0.05, 0) is 29.8 Å². The van der Waals surface area contributed by atoms with E-state index >= 15 is 0 Å². The van der Waals surface area contributed by atoms with Gasteiger partial charge in [0.25, 0.3) is 0 Å². The van der Waals surface area contributed by atoms with Crippen molar-refractivity contribution in [1.82, 2.24) is 0 Å². The van der Waals surface area contributed by atoms with Gasteiger partial charge in [0.05, 0.1) is 12.1 Å². The minimum absolute atomic E-state index is 0.714. The van der Waals surface area contributed by atoms with Gasteiger partial charge in [0, 0.05) is 6.08 Å². The average molecular weight is 225 g/mol. The molecule has 0 saturated heterocycles. The lowest BCUT2D eigenvalue weighted by Crippen LogP contribution is -1.95. The van der Waals surface area contributed by atoms with Crippen molar-refractivity contribution >= 4 is 22.8 Å². The molecule has 0 aliphatic carbocycles. The molecule has 80 valence electrons. The molecule has 0 heterocycles. The third-order valence-corrected chi connectivity index (χ3v) is 2.23. The smallest absolute Gasteiger partial charge is 0.164 e. The summed E-state index contributed by atoms with van der Waals surface area (Å²) >= 11 is 6.11. The number of allylic oxidation sites excluding steroid dienone is 1. The summed E-state index contributed by atoms with van der Waals surface area (Å²) < 4.78 is 7.00. The number of benzene rings is 1. The van der Waals surface area contributed by atoms with Crippen LogP contribution in [0.4, 0.5) is 0 Å². The van der Waals surface area contributed by atoms with Crippen LogP contribution in [0, 0.1) is 0 Å². The van der Waals surface area contributed by atoms with Crippen molar-refractivity contribution in [1.29, 1.82) is 0 Å². The minimum atomic E-state index is 0.714. The summed E-state index contributed by atoms with van der Waals surface area (Å²) in [6, 6.07) is 7.64. The molecule has 0 fully saturated rings. The van der Waals surface area contributed by atoms with Crippen LogP contribution in [0.1, 0.15) is 5.56 Å². The molecule has 0 N–H and O–H groups in total. The first-order valence-electron chi connectivity index (χ1n) is 4.65. The maximum atomic E-state index is 6.11. The predicted octanol–water partition coefficient (Wildman–Crippen LogP) is 2.62. The van der Waals surface area contributed by atoms with Crippen LogP contribution in [-0.4, -0.2) is 32.0 Å². The molecule has 1 rings (SSSR count). The van der Waals surface area contributed by atoms with Gasteiger partial charge in [-0.25, -0.2) is 4.58 Å². The van der Waals surface area contributed by atoms with Crippen molar-refractivity contribution in [2.24, 2.45) is 0 Å². The molecule has 2 nitrogen and oxygen atoms in total. The Bertz CT molecular complexity index is 375. The van der Waals surface area contributed by atoms with Crippen LogP contribution in [0.15, 0.2) is 30.3 Å². The zero-order valence-corrected chi connectivity index (χ0v) is 9.95. The van der Waals surface area contributed by atoms with E-state index < -0.39 is 0 Å². The molecule has 0 saturated carbocycles. The lowest BCUT2D eigenvalue weighted by molar-refractivity contribution is -0.458. The molecule has 0 atom stereocenters. The number of rotatable bonds is 3. The highest BCUT2D eigenvalue weighted by molar-refractivity contribution is 6.49. The van der Waals surface area contributed by atoms with Gasteiger partial charge in [0.1, 0.15) is 19.8 Å². The summed E-state index contributed by atoms with van der Waals surface area (Å²) in [5.41, 5.74) is 0.982. The monoisotopic (exact) mass is 224 g/mol. The molecule has 1 aromatic rings. The molecular weight excluding hydrogens is 210 g/mol. The van der Waals surface area contributed by atoms with Crippen molar-refractivity contribution < 1.29 is 9.31 Å². The van der Waals surface area contributed by atoms with Gasteiger partial charge in [-0.2, -0.15) is 0 Å². The van der Waals surface area contributed by atoms with Gasteiger partial charge in [0.15, 0.2) is 6.21 Å². The molecule has 0 aliphatic rings. The van der Waals surface area contributed by atoms with Gasteiger partial charge >= 0.3 is 0 Å². The Kier molecular flexibility index (Phi) is 4.37.